The monoisotopic (exact) mass is 1190 g/mol. The van der Waals surface area contributed by atoms with Crippen LogP contribution in [0.15, 0.2) is 328 Å². The lowest BCUT2D eigenvalue weighted by Gasteiger charge is -2.44. The van der Waals surface area contributed by atoms with Crippen molar-refractivity contribution in [3.05, 3.63) is 372 Å². The van der Waals surface area contributed by atoms with Crippen LogP contribution in [0.2, 0.25) is 0 Å². The summed E-state index contributed by atoms with van der Waals surface area (Å²) in [6.07, 6.45) is 0. The molecule has 16 aromatic carbocycles. The minimum atomic E-state index is -0.569. The van der Waals surface area contributed by atoms with E-state index in [9.17, 15) is 0 Å². The third-order valence-electron chi connectivity index (χ3n) is 21.9. The zero-order valence-corrected chi connectivity index (χ0v) is 52.1. The number of fused-ring (bicyclic) bond motifs is 22. The largest absolute Gasteiger partial charge is 0.344 e. The number of anilines is 4. The van der Waals surface area contributed by atoms with E-state index in [0.717, 1.165) is 0 Å². The second-order valence-corrected chi connectivity index (χ2v) is 26.1. The van der Waals surface area contributed by atoms with Crippen molar-refractivity contribution in [3.63, 3.8) is 0 Å². The number of benzene rings is 16. The van der Waals surface area contributed by atoms with Crippen molar-refractivity contribution in [1.82, 2.24) is 0 Å². The number of rotatable bonds is 5. The van der Waals surface area contributed by atoms with Gasteiger partial charge in [-0.05, 0) is 179 Å². The summed E-state index contributed by atoms with van der Waals surface area (Å²) in [5, 5.41) is 9.66. The highest BCUT2D eigenvalue weighted by Crippen LogP contribution is 2.66. The zero-order chi connectivity index (χ0) is 62.0. The van der Waals surface area contributed by atoms with Crippen LogP contribution in [0, 0.1) is 0 Å². The van der Waals surface area contributed by atoms with Gasteiger partial charge < -0.3 is 9.80 Å². The van der Waals surface area contributed by atoms with Gasteiger partial charge in [-0.1, -0.05) is 303 Å². The van der Waals surface area contributed by atoms with Gasteiger partial charge in [0.2, 0.25) is 0 Å². The average Bonchev–Trinajstić information content (AvgIpc) is 1.43. The van der Waals surface area contributed by atoms with Crippen molar-refractivity contribution >= 4 is 65.8 Å². The predicted molar refractivity (Wildman–Crippen MR) is 394 cm³/mol. The van der Waals surface area contributed by atoms with Gasteiger partial charge in [-0.2, -0.15) is 0 Å². The molecule has 0 amide bonds. The summed E-state index contributed by atoms with van der Waals surface area (Å²) in [6, 6.07) is 125. The summed E-state index contributed by atoms with van der Waals surface area (Å²) < 4.78 is 0. The van der Waals surface area contributed by atoms with Crippen LogP contribution in [0.3, 0.4) is 0 Å². The number of hydrogen-bond acceptors (Lipinski definition) is 2. The average molecular weight is 1190 g/mol. The zero-order valence-electron chi connectivity index (χ0n) is 52.1. The first-order valence-corrected chi connectivity index (χ1v) is 32.9. The van der Waals surface area contributed by atoms with Gasteiger partial charge in [0.05, 0.1) is 22.2 Å². The molecule has 2 aliphatic heterocycles. The third kappa shape index (κ3) is 6.88. The van der Waals surface area contributed by atoms with E-state index < -0.39 is 10.8 Å². The van der Waals surface area contributed by atoms with Gasteiger partial charge in [0.25, 0.3) is 0 Å². The molecule has 2 aliphatic carbocycles. The smallest absolute Gasteiger partial charge is 0.0754 e. The van der Waals surface area contributed by atoms with Gasteiger partial charge in [0.15, 0.2) is 0 Å². The topological polar surface area (TPSA) is 6.48 Å². The fraction of sp³-hybridized carbons (Fsp3) is 0.0435. The third-order valence-corrected chi connectivity index (χ3v) is 21.9. The molecular weight excluding hydrogens is 1130 g/mol. The van der Waals surface area contributed by atoms with E-state index in [1.54, 1.807) is 0 Å². The van der Waals surface area contributed by atoms with Gasteiger partial charge in [-0.25, -0.2) is 0 Å². The van der Waals surface area contributed by atoms with Crippen molar-refractivity contribution in [2.75, 3.05) is 23.9 Å². The molecule has 20 rings (SSSR count). The standard InChI is InChI=1S/C92H60N2/c1-93-85-53-19-17-49-81(85)91(77-45-13-9-31-63(77)64-32-10-14-46-78(64)91)83-51-25-43-71(89(83)93)61-37-23-41-69-75(61)56-76-62(72-44-26-52-84-90(72)94(2)86-54-20-18-50-82(86)92(84)79-47-15-11-33-65(79)66-34-12-16-48-80(66)92)38-24-42-70(76)88(69)87-67-39-21-35-59(57-27-5-3-6-28-57)73(67)55-74-60(36-22-40-68(74)87)58-29-7-4-8-30-58/h3-56H,1-2H3. The molecule has 438 valence electrons. The molecule has 0 saturated heterocycles. The molecule has 4 aliphatic rings. The Kier molecular flexibility index (Phi) is 11.2. The van der Waals surface area contributed by atoms with Crippen LogP contribution in [-0.4, -0.2) is 14.1 Å². The van der Waals surface area contributed by atoms with E-state index in [2.05, 4.69) is 351 Å². The van der Waals surface area contributed by atoms with Gasteiger partial charge in [-0.3, -0.25) is 0 Å². The molecule has 0 atom stereocenters. The predicted octanol–water partition coefficient (Wildman–Crippen LogP) is 23.5. The fourth-order valence-corrected chi connectivity index (χ4v) is 18.3. The minimum Gasteiger partial charge on any atom is -0.344 e. The molecule has 0 fully saturated rings. The number of hydrogen-bond donors (Lipinski definition) is 0. The summed E-state index contributed by atoms with van der Waals surface area (Å²) in [5.74, 6) is 0. The second kappa shape index (κ2) is 19.8. The molecule has 2 heteroatoms. The van der Waals surface area contributed by atoms with Crippen LogP contribution in [-0.2, 0) is 10.8 Å². The first-order chi connectivity index (χ1) is 46.5. The van der Waals surface area contributed by atoms with Gasteiger partial charge in [-0.15, -0.1) is 0 Å². The quantitative estimate of drug-likeness (QED) is 0.159. The highest BCUT2D eigenvalue weighted by atomic mass is 15.1. The Hall–Kier alpha value is -11.8. The van der Waals surface area contributed by atoms with Crippen LogP contribution in [0.25, 0.3) is 121 Å². The Labute approximate surface area is 547 Å². The Morgan fingerprint density at radius 3 is 0.809 bits per heavy atom. The number of nitrogens with zero attached hydrogens (tertiary/aromatic N) is 2. The maximum Gasteiger partial charge on any atom is 0.0754 e. The summed E-state index contributed by atoms with van der Waals surface area (Å²) >= 11 is 0. The van der Waals surface area contributed by atoms with Gasteiger partial charge >= 0.3 is 0 Å². The van der Waals surface area contributed by atoms with Crippen molar-refractivity contribution in [2.45, 2.75) is 10.8 Å². The number of para-hydroxylation sites is 4. The van der Waals surface area contributed by atoms with Gasteiger partial charge in [0, 0.05) is 36.6 Å². The van der Waals surface area contributed by atoms with Crippen LogP contribution >= 0.6 is 0 Å². The second-order valence-electron chi connectivity index (χ2n) is 26.1. The van der Waals surface area contributed by atoms with E-state index in [0.29, 0.717) is 0 Å². The molecule has 0 aromatic heterocycles. The molecule has 0 radical (unpaired) electrons. The Morgan fingerprint density at radius 1 is 0.191 bits per heavy atom. The minimum absolute atomic E-state index is 0.569. The molecule has 2 nitrogen and oxygen atoms in total. The lowest BCUT2D eigenvalue weighted by atomic mass is 9.64. The summed E-state index contributed by atoms with van der Waals surface area (Å²) in [6.45, 7) is 0. The van der Waals surface area contributed by atoms with E-state index in [4.69, 9.17) is 0 Å². The van der Waals surface area contributed by atoms with E-state index in [1.807, 2.05) is 0 Å². The van der Waals surface area contributed by atoms with Gasteiger partial charge in [0.1, 0.15) is 0 Å². The van der Waals surface area contributed by atoms with Crippen LogP contribution < -0.4 is 9.80 Å². The molecule has 16 aromatic rings. The molecular formula is C92H60N2. The molecule has 2 spiro atoms. The Bertz CT molecular complexity index is 5470. The highest BCUT2D eigenvalue weighted by Gasteiger charge is 2.53. The van der Waals surface area contributed by atoms with Crippen LogP contribution in [0.1, 0.15) is 44.5 Å². The van der Waals surface area contributed by atoms with Crippen molar-refractivity contribution in [1.29, 1.82) is 0 Å². The van der Waals surface area contributed by atoms with E-state index in [-0.39, 0.29) is 0 Å². The highest BCUT2D eigenvalue weighted by molar-refractivity contribution is 6.28. The summed E-state index contributed by atoms with van der Waals surface area (Å²) in [7, 11) is 4.59. The maximum absolute atomic E-state index is 2.58. The maximum atomic E-state index is 2.58. The molecule has 0 N–H and O–H groups in total. The SMILES string of the molecule is CN1c2ccccc2C2(c3ccccc3-c3ccccc32)c2cccc(-c3cccc4c(-c5c6cccc(-c7ccccc7)c6cc6c(-c7ccccc7)cccc56)c5cccc(-c6cccc7c6N(C)c6ccccc6C76c7ccccc7-c7ccccc76)c5cc34)c21. The molecule has 0 saturated carbocycles. The summed E-state index contributed by atoms with van der Waals surface area (Å²) in [5.41, 5.74) is 31.3. The van der Waals surface area contributed by atoms with Crippen molar-refractivity contribution in [2.24, 2.45) is 0 Å². The van der Waals surface area contributed by atoms with E-state index >= 15 is 0 Å². The fourth-order valence-electron chi connectivity index (χ4n) is 18.3. The van der Waals surface area contributed by atoms with Crippen molar-refractivity contribution in [3.8, 4) is 77.9 Å². The normalized spacial score (nSPS) is 14.0. The lowest BCUT2D eigenvalue weighted by Crippen LogP contribution is -2.36. The summed E-state index contributed by atoms with van der Waals surface area (Å²) in [4.78, 5) is 4.99. The van der Waals surface area contributed by atoms with Crippen LogP contribution in [0.5, 0.6) is 0 Å². The Morgan fingerprint density at radius 2 is 0.447 bits per heavy atom. The lowest BCUT2D eigenvalue weighted by molar-refractivity contribution is 0.749. The molecule has 0 unspecified atom stereocenters. The molecule has 0 bridgehead atoms. The van der Waals surface area contributed by atoms with Crippen molar-refractivity contribution < 1.29 is 0 Å². The van der Waals surface area contributed by atoms with E-state index in [1.165, 1.54) is 188 Å². The first kappa shape index (κ1) is 52.9. The molecule has 94 heavy (non-hydrogen) atoms. The first-order valence-electron chi connectivity index (χ1n) is 32.9. The van der Waals surface area contributed by atoms with Crippen LogP contribution in [0.4, 0.5) is 22.7 Å². The Balaban J connectivity index is 0.941. The molecule has 2 heterocycles.